The summed E-state index contributed by atoms with van der Waals surface area (Å²) >= 11 is 1.06. The van der Waals surface area contributed by atoms with Crippen molar-refractivity contribution in [3.05, 3.63) is 158 Å². The van der Waals surface area contributed by atoms with E-state index in [0.717, 1.165) is 33.6 Å². The van der Waals surface area contributed by atoms with Gasteiger partial charge in [0.25, 0.3) is 4.74 Å². The van der Waals surface area contributed by atoms with Gasteiger partial charge in [0.05, 0.1) is 18.1 Å². The standard InChI is InChI=1S/C34H30O5S/c35-34-33(39-24-29-19-11-4-12-20-29)32(38-23-28-17-9-3-10-18-28)31(37-22-27-15-7-2-8-16-27)30(40-34)25-36-21-26-13-5-1-6-14-26/h1-20H,21-25H2. The summed E-state index contributed by atoms with van der Waals surface area (Å²) in [4.78, 5) is 14.1. The molecule has 0 bridgehead atoms. The summed E-state index contributed by atoms with van der Waals surface area (Å²) in [5.41, 5.74) is 3.95. The van der Waals surface area contributed by atoms with Gasteiger partial charge in [0.2, 0.25) is 11.5 Å². The molecule has 0 aliphatic carbocycles. The van der Waals surface area contributed by atoms with Crippen LogP contribution in [0.25, 0.3) is 0 Å². The molecule has 0 spiro atoms. The zero-order chi connectivity index (χ0) is 27.4. The minimum atomic E-state index is -0.246. The lowest BCUT2D eigenvalue weighted by atomic mass is 10.2. The van der Waals surface area contributed by atoms with Crippen molar-refractivity contribution in [2.45, 2.75) is 33.0 Å². The Labute approximate surface area is 238 Å². The van der Waals surface area contributed by atoms with Gasteiger partial charge >= 0.3 is 0 Å². The maximum absolute atomic E-state index is 13.5. The van der Waals surface area contributed by atoms with Crippen molar-refractivity contribution in [3.63, 3.8) is 0 Å². The molecule has 0 radical (unpaired) electrons. The first kappa shape index (κ1) is 27.2. The summed E-state index contributed by atoms with van der Waals surface area (Å²) in [6.07, 6.45) is 0. The largest absolute Gasteiger partial charge is 0.484 e. The molecule has 0 N–H and O–H groups in total. The second-order valence-electron chi connectivity index (χ2n) is 9.10. The molecule has 202 valence electrons. The van der Waals surface area contributed by atoms with Crippen LogP contribution in [0.5, 0.6) is 17.2 Å². The monoisotopic (exact) mass is 550 g/mol. The van der Waals surface area contributed by atoms with Gasteiger partial charge in [-0.25, -0.2) is 0 Å². The number of rotatable bonds is 13. The van der Waals surface area contributed by atoms with Crippen molar-refractivity contribution >= 4 is 11.3 Å². The summed E-state index contributed by atoms with van der Waals surface area (Å²) in [6, 6.07) is 39.3. The van der Waals surface area contributed by atoms with Gasteiger partial charge in [-0.15, -0.1) is 0 Å². The molecule has 0 saturated carbocycles. The van der Waals surface area contributed by atoms with E-state index in [2.05, 4.69) is 0 Å². The second-order valence-corrected chi connectivity index (χ2v) is 10.2. The van der Waals surface area contributed by atoms with E-state index < -0.39 is 0 Å². The molecule has 40 heavy (non-hydrogen) atoms. The Balaban J connectivity index is 1.48. The highest BCUT2D eigenvalue weighted by molar-refractivity contribution is 7.09. The van der Waals surface area contributed by atoms with Crippen LogP contribution in [0.4, 0.5) is 0 Å². The van der Waals surface area contributed by atoms with Crippen LogP contribution in [-0.2, 0) is 37.8 Å². The minimum Gasteiger partial charge on any atom is -0.484 e. The van der Waals surface area contributed by atoms with Gasteiger partial charge in [-0.05, 0) is 22.3 Å². The highest BCUT2D eigenvalue weighted by Gasteiger charge is 2.24. The van der Waals surface area contributed by atoms with E-state index in [4.69, 9.17) is 18.9 Å². The van der Waals surface area contributed by atoms with E-state index in [1.807, 2.05) is 121 Å². The number of benzene rings is 4. The molecule has 5 nitrogen and oxygen atoms in total. The van der Waals surface area contributed by atoms with Gasteiger partial charge in [-0.1, -0.05) is 133 Å². The first-order chi connectivity index (χ1) is 19.8. The minimum absolute atomic E-state index is 0.139. The Bertz CT molecular complexity index is 1520. The number of hydrogen-bond donors (Lipinski definition) is 0. The normalized spacial score (nSPS) is 10.7. The van der Waals surface area contributed by atoms with Crippen LogP contribution >= 0.6 is 11.3 Å². The van der Waals surface area contributed by atoms with Crippen molar-refractivity contribution in [1.82, 2.24) is 0 Å². The topological polar surface area (TPSA) is 54.0 Å². The molecule has 0 fully saturated rings. The maximum Gasteiger partial charge on any atom is 0.278 e. The highest BCUT2D eigenvalue weighted by atomic mass is 32.1. The molecule has 0 unspecified atom stereocenters. The predicted octanol–water partition coefficient (Wildman–Crippen LogP) is 7.56. The Morgan fingerprint density at radius 2 is 0.800 bits per heavy atom. The molecule has 6 heteroatoms. The van der Waals surface area contributed by atoms with Crippen LogP contribution in [-0.4, -0.2) is 0 Å². The Morgan fingerprint density at radius 3 is 1.25 bits per heavy atom. The quantitative estimate of drug-likeness (QED) is 0.151. The van der Waals surface area contributed by atoms with Gasteiger partial charge in [0.15, 0.2) is 5.75 Å². The van der Waals surface area contributed by atoms with Crippen molar-refractivity contribution in [1.29, 1.82) is 0 Å². The van der Waals surface area contributed by atoms with Crippen LogP contribution in [0, 0.1) is 0 Å². The Kier molecular flexibility index (Phi) is 9.60. The van der Waals surface area contributed by atoms with Crippen LogP contribution < -0.4 is 19.0 Å². The molecular formula is C34H30O5S. The van der Waals surface area contributed by atoms with Crippen molar-refractivity contribution in [3.8, 4) is 17.2 Å². The van der Waals surface area contributed by atoms with Gasteiger partial charge in [0.1, 0.15) is 19.8 Å². The second kappa shape index (κ2) is 14.1. The van der Waals surface area contributed by atoms with Gasteiger partial charge < -0.3 is 18.9 Å². The fourth-order valence-electron chi connectivity index (χ4n) is 4.05. The highest BCUT2D eigenvalue weighted by Crippen LogP contribution is 2.41. The molecule has 4 aromatic carbocycles. The van der Waals surface area contributed by atoms with Crippen molar-refractivity contribution in [2.24, 2.45) is 0 Å². The molecule has 1 aromatic heterocycles. The molecule has 0 aliphatic rings. The van der Waals surface area contributed by atoms with E-state index in [9.17, 15) is 4.79 Å². The third-order valence-corrected chi connectivity index (χ3v) is 7.01. The smallest absolute Gasteiger partial charge is 0.278 e. The third kappa shape index (κ3) is 7.59. The average Bonchev–Trinajstić information content (AvgIpc) is 3.01. The summed E-state index contributed by atoms with van der Waals surface area (Å²) in [6.45, 7) is 1.39. The molecule has 5 aromatic rings. The van der Waals surface area contributed by atoms with Gasteiger partial charge in [-0.2, -0.15) is 0 Å². The molecular weight excluding hydrogens is 520 g/mol. The predicted molar refractivity (Wildman–Crippen MR) is 158 cm³/mol. The van der Waals surface area contributed by atoms with Crippen LogP contribution in [0.3, 0.4) is 0 Å². The van der Waals surface area contributed by atoms with E-state index in [1.165, 1.54) is 0 Å². The first-order valence-corrected chi connectivity index (χ1v) is 13.9. The molecule has 0 amide bonds. The average molecular weight is 551 g/mol. The zero-order valence-electron chi connectivity index (χ0n) is 22.0. The van der Waals surface area contributed by atoms with Crippen LogP contribution in [0.15, 0.2) is 126 Å². The third-order valence-electron chi connectivity index (χ3n) is 6.09. The number of ether oxygens (including phenoxy) is 4. The van der Waals surface area contributed by atoms with Gasteiger partial charge in [-0.3, -0.25) is 4.79 Å². The molecule has 0 saturated heterocycles. The lowest BCUT2D eigenvalue weighted by molar-refractivity contribution is 0.106. The van der Waals surface area contributed by atoms with Crippen LogP contribution in [0.2, 0.25) is 0 Å². The van der Waals surface area contributed by atoms with E-state index >= 15 is 0 Å². The molecule has 0 aliphatic heterocycles. The van der Waals surface area contributed by atoms with Crippen molar-refractivity contribution < 1.29 is 18.9 Å². The lowest BCUT2D eigenvalue weighted by Gasteiger charge is -2.19. The van der Waals surface area contributed by atoms with E-state index in [-0.39, 0.29) is 36.1 Å². The Hall–Kier alpha value is -4.39. The maximum atomic E-state index is 13.5. The van der Waals surface area contributed by atoms with Gasteiger partial charge in [0, 0.05) is 0 Å². The SMILES string of the molecule is O=c1sc(COCc2ccccc2)c(OCc2ccccc2)c(OCc2ccccc2)c1OCc1ccccc1. The fraction of sp³-hybridized carbons (Fsp3) is 0.147. The summed E-state index contributed by atoms with van der Waals surface area (Å²) in [7, 11) is 0. The fourth-order valence-corrected chi connectivity index (χ4v) is 4.90. The molecule has 1 heterocycles. The summed E-state index contributed by atoms with van der Waals surface area (Å²) in [5.74, 6) is 0.887. The molecule has 0 atom stereocenters. The van der Waals surface area contributed by atoms with E-state index in [0.29, 0.717) is 23.8 Å². The Morgan fingerprint density at radius 1 is 0.425 bits per heavy atom. The first-order valence-electron chi connectivity index (χ1n) is 13.1. The summed E-state index contributed by atoms with van der Waals surface area (Å²) < 4.78 is 24.6. The number of hydrogen-bond acceptors (Lipinski definition) is 6. The summed E-state index contributed by atoms with van der Waals surface area (Å²) in [5, 5.41) is 0. The molecule has 5 rings (SSSR count). The van der Waals surface area contributed by atoms with E-state index in [1.54, 1.807) is 0 Å². The zero-order valence-corrected chi connectivity index (χ0v) is 22.8. The lowest BCUT2D eigenvalue weighted by Crippen LogP contribution is -2.12. The van der Waals surface area contributed by atoms with Crippen LogP contribution in [0.1, 0.15) is 27.1 Å². The van der Waals surface area contributed by atoms with Crippen molar-refractivity contribution in [2.75, 3.05) is 0 Å².